The van der Waals surface area contributed by atoms with E-state index >= 15 is 0 Å². The predicted octanol–water partition coefficient (Wildman–Crippen LogP) is 0.771. The van der Waals surface area contributed by atoms with Gasteiger partial charge < -0.3 is 9.90 Å². The van der Waals surface area contributed by atoms with Gasteiger partial charge in [0.05, 0.1) is 5.97 Å². The number of anilines is 1. The summed E-state index contributed by atoms with van der Waals surface area (Å²) < 4.78 is 0. The van der Waals surface area contributed by atoms with Crippen LogP contribution in [0, 0.1) is 13.8 Å². The molecule has 6 nitrogen and oxygen atoms in total. The second kappa shape index (κ2) is 5.15. The number of carbonyl (C=O) groups is 2. The molecule has 2 aromatic rings. The van der Waals surface area contributed by atoms with Crippen molar-refractivity contribution < 1.29 is 14.7 Å². The summed E-state index contributed by atoms with van der Waals surface area (Å²) in [4.78, 5) is 23.0. The van der Waals surface area contributed by atoms with Gasteiger partial charge in [0.15, 0.2) is 0 Å². The van der Waals surface area contributed by atoms with Crippen LogP contribution in [0.4, 0.5) is 5.13 Å². The van der Waals surface area contributed by atoms with E-state index in [-0.39, 0.29) is 11.1 Å². The fraction of sp³-hybridized carbons (Fsp3) is 0.167. The number of amides is 1. The third-order valence-electron chi connectivity index (χ3n) is 2.39. The molecule has 1 N–H and O–H groups in total. The van der Waals surface area contributed by atoms with Crippen molar-refractivity contribution in [3.8, 4) is 0 Å². The Bertz CT molecular complexity index is 651. The molecule has 1 heterocycles. The van der Waals surface area contributed by atoms with E-state index in [1.807, 2.05) is 0 Å². The van der Waals surface area contributed by atoms with Crippen LogP contribution in [-0.4, -0.2) is 22.1 Å². The number of aromatic carboxylic acids is 1. The quantitative estimate of drug-likeness (QED) is 0.893. The summed E-state index contributed by atoms with van der Waals surface area (Å²) in [5, 5.41) is 22.1. The van der Waals surface area contributed by atoms with Gasteiger partial charge in [0.2, 0.25) is 5.13 Å². The van der Waals surface area contributed by atoms with Gasteiger partial charge in [-0.2, -0.15) is 0 Å². The maximum atomic E-state index is 12.0. The van der Waals surface area contributed by atoms with Crippen LogP contribution in [0.1, 0.15) is 31.3 Å². The van der Waals surface area contributed by atoms with Gasteiger partial charge in [0.1, 0.15) is 5.01 Å². The lowest BCUT2D eigenvalue weighted by atomic mass is 10.0. The molecule has 0 aliphatic heterocycles. The van der Waals surface area contributed by atoms with Crippen LogP contribution < -0.4 is 10.4 Å². The number of carboxylic acids is 1. The summed E-state index contributed by atoms with van der Waals surface area (Å²) in [5.74, 6) is -1.93. The van der Waals surface area contributed by atoms with E-state index in [2.05, 4.69) is 15.5 Å². The lowest BCUT2D eigenvalue weighted by Gasteiger charge is -2.10. The molecule has 0 spiro atoms. The monoisotopic (exact) mass is 276 g/mol. The summed E-state index contributed by atoms with van der Waals surface area (Å²) in [6.07, 6.45) is 0. The molecule has 0 aliphatic rings. The molecule has 0 atom stereocenters. The van der Waals surface area contributed by atoms with E-state index < -0.39 is 11.9 Å². The smallest absolute Gasteiger partial charge is 0.258 e. The summed E-state index contributed by atoms with van der Waals surface area (Å²) in [6, 6.07) is 4.51. The molecule has 98 valence electrons. The second-order valence-electron chi connectivity index (χ2n) is 3.92. The van der Waals surface area contributed by atoms with Crippen LogP contribution in [-0.2, 0) is 0 Å². The van der Waals surface area contributed by atoms with Crippen LogP contribution in [0.15, 0.2) is 18.2 Å². The standard InChI is InChI=1S/C12H11N3O3S/c1-6-3-4-8(9(5-6)11(17)18)10(16)13-12-15-14-7(2)19-12/h3-5H,1-2H3,(H,17,18)(H,13,15,16)/p-1. The highest BCUT2D eigenvalue weighted by molar-refractivity contribution is 7.15. The maximum Gasteiger partial charge on any atom is 0.258 e. The highest BCUT2D eigenvalue weighted by Crippen LogP contribution is 2.17. The second-order valence-corrected chi connectivity index (χ2v) is 5.10. The molecule has 19 heavy (non-hydrogen) atoms. The highest BCUT2D eigenvalue weighted by Gasteiger charge is 2.14. The molecule has 0 saturated carbocycles. The zero-order chi connectivity index (χ0) is 14.0. The molecule has 0 bridgehead atoms. The fourth-order valence-electron chi connectivity index (χ4n) is 1.54. The predicted molar refractivity (Wildman–Crippen MR) is 68.1 cm³/mol. The van der Waals surface area contributed by atoms with E-state index in [4.69, 9.17) is 0 Å². The lowest BCUT2D eigenvalue weighted by molar-refractivity contribution is -0.255. The van der Waals surface area contributed by atoms with Gasteiger partial charge >= 0.3 is 0 Å². The zero-order valence-electron chi connectivity index (χ0n) is 10.3. The molecule has 1 amide bonds. The third kappa shape index (κ3) is 2.94. The summed E-state index contributed by atoms with van der Waals surface area (Å²) >= 11 is 1.21. The maximum absolute atomic E-state index is 12.0. The van der Waals surface area contributed by atoms with Crippen molar-refractivity contribution in [2.45, 2.75) is 13.8 Å². The summed E-state index contributed by atoms with van der Waals surface area (Å²) in [6.45, 7) is 3.49. The Morgan fingerprint density at radius 2 is 1.95 bits per heavy atom. The van der Waals surface area contributed by atoms with E-state index in [1.165, 1.54) is 23.5 Å². The first-order chi connectivity index (χ1) is 8.97. The molecule has 0 saturated heterocycles. The van der Waals surface area contributed by atoms with E-state index in [1.54, 1.807) is 19.9 Å². The van der Waals surface area contributed by atoms with E-state index in [0.717, 1.165) is 5.56 Å². The number of nitrogens with one attached hydrogen (secondary N) is 1. The number of aromatic nitrogens is 2. The van der Waals surface area contributed by atoms with Crippen molar-refractivity contribution >= 4 is 28.3 Å². The molecule has 7 heteroatoms. The number of rotatable bonds is 3. The number of nitrogens with zero attached hydrogens (tertiary/aromatic N) is 2. The topological polar surface area (TPSA) is 95.0 Å². The van der Waals surface area contributed by atoms with Crippen molar-refractivity contribution in [3.63, 3.8) is 0 Å². The lowest BCUT2D eigenvalue weighted by Crippen LogP contribution is -2.26. The summed E-state index contributed by atoms with van der Waals surface area (Å²) in [5.41, 5.74) is 0.639. The Morgan fingerprint density at radius 3 is 2.53 bits per heavy atom. The van der Waals surface area contributed by atoms with Gasteiger partial charge in [0, 0.05) is 11.1 Å². The van der Waals surface area contributed by atoms with Gasteiger partial charge in [-0.05, 0) is 26.0 Å². The van der Waals surface area contributed by atoms with E-state index in [0.29, 0.717) is 10.1 Å². The number of carboxylic acid groups (broad SMARTS) is 1. The average molecular weight is 276 g/mol. The number of aryl methyl sites for hydroxylation is 2. The largest absolute Gasteiger partial charge is 0.545 e. The molecular formula is C12H10N3O3S-. The Kier molecular flexibility index (Phi) is 3.57. The van der Waals surface area contributed by atoms with Gasteiger partial charge in [-0.1, -0.05) is 23.0 Å². The molecule has 0 radical (unpaired) electrons. The van der Waals surface area contributed by atoms with Crippen molar-refractivity contribution in [2.75, 3.05) is 5.32 Å². The number of benzene rings is 1. The normalized spacial score (nSPS) is 10.2. The minimum absolute atomic E-state index is 0.0402. The van der Waals surface area contributed by atoms with Gasteiger partial charge in [-0.25, -0.2) is 0 Å². The first-order valence-corrected chi connectivity index (χ1v) is 6.22. The van der Waals surface area contributed by atoms with Crippen molar-refractivity contribution in [1.82, 2.24) is 10.2 Å². The Labute approximate surface area is 113 Å². The molecule has 1 aromatic heterocycles. The van der Waals surface area contributed by atoms with Crippen molar-refractivity contribution in [3.05, 3.63) is 39.9 Å². The molecular weight excluding hydrogens is 266 g/mol. The number of carbonyl (C=O) groups excluding carboxylic acids is 2. The zero-order valence-corrected chi connectivity index (χ0v) is 11.1. The van der Waals surface area contributed by atoms with Crippen LogP contribution in [0.3, 0.4) is 0 Å². The molecule has 2 rings (SSSR count). The third-order valence-corrected chi connectivity index (χ3v) is 3.14. The molecule has 0 unspecified atom stereocenters. The first-order valence-electron chi connectivity index (χ1n) is 5.41. The van der Waals surface area contributed by atoms with Crippen molar-refractivity contribution in [1.29, 1.82) is 0 Å². The minimum atomic E-state index is -1.39. The van der Waals surface area contributed by atoms with Crippen LogP contribution in [0.2, 0.25) is 0 Å². The minimum Gasteiger partial charge on any atom is -0.545 e. The Hall–Kier alpha value is -2.28. The van der Waals surface area contributed by atoms with Crippen molar-refractivity contribution in [2.24, 2.45) is 0 Å². The molecule has 1 aromatic carbocycles. The molecule has 0 aliphatic carbocycles. The first kappa shape index (κ1) is 13.2. The van der Waals surface area contributed by atoms with Crippen LogP contribution >= 0.6 is 11.3 Å². The SMILES string of the molecule is Cc1ccc(C(=O)Nc2nnc(C)s2)c(C(=O)[O-])c1. The number of hydrogen-bond acceptors (Lipinski definition) is 6. The molecule has 0 fully saturated rings. The number of hydrogen-bond donors (Lipinski definition) is 1. The van der Waals surface area contributed by atoms with Gasteiger partial charge in [-0.3, -0.25) is 10.1 Å². The Morgan fingerprint density at radius 1 is 1.21 bits per heavy atom. The average Bonchev–Trinajstić information content (AvgIpc) is 2.74. The van der Waals surface area contributed by atoms with Crippen LogP contribution in [0.25, 0.3) is 0 Å². The van der Waals surface area contributed by atoms with Crippen LogP contribution in [0.5, 0.6) is 0 Å². The fourth-order valence-corrected chi connectivity index (χ4v) is 2.12. The Balaban J connectivity index is 2.31. The van der Waals surface area contributed by atoms with Gasteiger partial charge in [0.25, 0.3) is 5.91 Å². The summed E-state index contributed by atoms with van der Waals surface area (Å²) in [7, 11) is 0. The highest BCUT2D eigenvalue weighted by atomic mass is 32.1. The van der Waals surface area contributed by atoms with E-state index in [9.17, 15) is 14.7 Å². The van der Waals surface area contributed by atoms with Gasteiger partial charge in [-0.15, -0.1) is 10.2 Å².